The van der Waals surface area contributed by atoms with Crippen LogP contribution in [0.5, 0.6) is 29.0 Å². The zero-order valence-corrected chi connectivity index (χ0v) is 19.7. The fraction of sp³-hybridized carbons (Fsp3) is 0.182. The van der Waals surface area contributed by atoms with Crippen LogP contribution in [0.4, 0.5) is 5.69 Å². The number of hydrogen-bond acceptors (Lipinski definition) is 12. The van der Waals surface area contributed by atoms with Crippen LogP contribution in [0.1, 0.15) is 12.5 Å². The minimum absolute atomic E-state index is 0.0242. The highest BCUT2D eigenvalue weighted by atomic mass is 32.2. The van der Waals surface area contributed by atoms with Gasteiger partial charge in [0, 0.05) is 12.3 Å². The molecule has 0 aliphatic rings. The first kappa shape index (κ1) is 25.8. The van der Waals surface area contributed by atoms with Crippen molar-refractivity contribution >= 4 is 21.5 Å². The smallest absolute Gasteiger partial charge is 0.392 e. The highest BCUT2D eigenvalue weighted by Crippen LogP contribution is 2.41. The zero-order chi connectivity index (χ0) is 26.3. The van der Waals surface area contributed by atoms with Gasteiger partial charge < -0.3 is 18.9 Å². The molecule has 0 fully saturated rings. The normalized spacial score (nSPS) is 10.7. The van der Waals surface area contributed by atoms with E-state index in [0.717, 1.165) is 6.26 Å². The summed E-state index contributed by atoms with van der Waals surface area (Å²) in [6.45, 7) is 0.778. The van der Waals surface area contributed by atoms with Crippen LogP contribution in [0.3, 0.4) is 0 Å². The molecular formula is C22H18N4O9S. The molecule has 0 aliphatic carbocycles. The van der Waals surface area contributed by atoms with Crippen LogP contribution in [-0.4, -0.2) is 48.7 Å². The van der Waals surface area contributed by atoms with Gasteiger partial charge in [-0.15, -0.1) is 0 Å². The summed E-state index contributed by atoms with van der Waals surface area (Å²) in [6.07, 6.45) is 0.771. The van der Waals surface area contributed by atoms with Crippen LogP contribution in [0.15, 0.2) is 53.7 Å². The molecule has 1 aromatic heterocycles. The lowest BCUT2D eigenvalue weighted by Crippen LogP contribution is -2.17. The number of nitrogens with zero attached hydrogens (tertiary/aromatic N) is 4. The number of esters is 1. The van der Waals surface area contributed by atoms with Crippen LogP contribution in [0.25, 0.3) is 0 Å². The molecule has 1 heterocycles. The van der Waals surface area contributed by atoms with Gasteiger partial charge in [-0.2, -0.15) is 15.2 Å². The maximum absolute atomic E-state index is 12.2. The number of hydrogen-bond donors (Lipinski definition) is 0. The number of ether oxygens (including phenoxy) is 4. The molecule has 3 aromatic rings. The second-order valence-corrected chi connectivity index (χ2v) is 8.79. The fourth-order valence-corrected chi connectivity index (χ4v) is 3.18. The first-order valence-electron chi connectivity index (χ1n) is 10.1. The van der Waals surface area contributed by atoms with Gasteiger partial charge in [-0.05, 0) is 31.2 Å². The number of rotatable bonds is 10. The van der Waals surface area contributed by atoms with Crippen molar-refractivity contribution < 1.29 is 37.1 Å². The van der Waals surface area contributed by atoms with Gasteiger partial charge in [-0.1, -0.05) is 18.2 Å². The third-order valence-corrected chi connectivity index (χ3v) is 5.04. The molecule has 0 aliphatic heterocycles. The molecule has 36 heavy (non-hydrogen) atoms. The van der Waals surface area contributed by atoms with E-state index in [4.69, 9.17) is 18.9 Å². The summed E-state index contributed by atoms with van der Waals surface area (Å²) < 4.78 is 45.5. The molecule has 3 rings (SSSR count). The monoisotopic (exact) mass is 514 g/mol. The van der Waals surface area contributed by atoms with Crippen LogP contribution >= 0.6 is 0 Å². The minimum atomic E-state index is -4.11. The van der Waals surface area contributed by atoms with Gasteiger partial charge in [0.25, 0.3) is 5.16 Å². The summed E-state index contributed by atoms with van der Waals surface area (Å²) in [5.74, 6) is -2.27. The molecule has 0 spiro atoms. The van der Waals surface area contributed by atoms with Gasteiger partial charge in [0.2, 0.25) is 9.84 Å². The van der Waals surface area contributed by atoms with Crippen LogP contribution in [-0.2, 0) is 19.4 Å². The molecule has 0 amide bonds. The highest BCUT2D eigenvalue weighted by molar-refractivity contribution is 7.90. The van der Waals surface area contributed by atoms with Crippen molar-refractivity contribution in [1.29, 1.82) is 5.26 Å². The van der Waals surface area contributed by atoms with Crippen molar-refractivity contribution in [2.24, 2.45) is 0 Å². The quantitative estimate of drug-likeness (QED) is 0.167. The van der Waals surface area contributed by atoms with Gasteiger partial charge in [0.1, 0.15) is 5.75 Å². The molecule has 0 unspecified atom stereocenters. The lowest BCUT2D eigenvalue weighted by Gasteiger charge is -2.14. The number of benzene rings is 2. The van der Waals surface area contributed by atoms with Crippen molar-refractivity contribution in [2.75, 3.05) is 19.5 Å². The van der Waals surface area contributed by atoms with E-state index < -0.39 is 49.9 Å². The standard InChI is InChI=1S/C22H18N4O9S/c1-3-32-18(27)13-33-20-19(26(28)29)21(25-22(24-20)36(2,30)31)35-17-11-14(12-23)9-10-16(17)34-15-7-5-4-6-8-15/h4-11H,3,13H2,1-2H3. The summed E-state index contributed by atoms with van der Waals surface area (Å²) in [5, 5.41) is 20.3. The molecule has 13 nitrogen and oxygen atoms in total. The second kappa shape index (κ2) is 11.1. The van der Waals surface area contributed by atoms with Gasteiger partial charge >= 0.3 is 23.4 Å². The molecule has 0 bridgehead atoms. The molecular weight excluding hydrogens is 496 g/mol. The van der Waals surface area contributed by atoms with E-state index >= 15 is 0 Å². The lowest BCUT2D eigenvalue weighted by atomic mass is 10.2. The molecule has 2 aromatic carbocycles. The van der Waals surface area contributed by atoms with Crippen LogP contribution in [0, 0.1) is 21.4 Å². The largest absolute Gasteiger partial charge is 0.463 e. The van der Waals surface area contributed by atoms with E-state index in [1.807, 2.05) is 6.07 Å². The van der Waals surface area contributed by atoms with Gasteiger partial charge in [-0.25, -0.2) is 13.2 Å². The van der Waals surface area contributed by atoms with Crippen molar-refractivity contribution in [2.45, 2.75) is 12.1 Å². The van der Waals surface area contributed by atoms with Crippen LogP contribution in [0.2, 0.25) is 0 Å². The Balaban J connectivity index is 2.13. The molecule has 0 N–H and O–H groups in total. The summed E-state index contributed by atoms with van der Waals surface area (Å²) in [5.41, 5.74) is -0.844. The van der Waals surface area contributed by atoms with Gasteiger partial charge in [0.15, 0.2) is 18.1 Å². The summed E-state index contributed by atoms with van der Waals surface area (Å²) in [4.78, 5) is 29.9. The van der Waals surface area contributed by atoms with Crippen molar-refractivity contribution in [1.82, 2.24) is 9.97 Å². The third kappa shape index (κ3) is 6.42. The average Bonchev–Trinajstić information content (AvgIpc) is 2.83. The van der Waals surface area contributed by atoms with Crippen LogP contribution < -0.4 is 14.2 Å². The zero-order valence-electron chi connectivity index (χ0n) is 18.9. The molecule has 0 saturated carbocycles. The Kier molecular flexibility index (Phi) is 7.97. The van der Waals surface area contributed by atoms with E-state index in [-0.39, 0.29) is 23.7 Å². The molecule has 0 atom stereocenters. The Morgan fingerprint density at radius 2 is 1.78 bits per heavy atom. The number of aromatic nitrogens is 2. The van der Waals surface area contributed by atoms with E-state index in [1.165, 1.54) is 18.2 Å². The minimum Gasteiger partial charge on any atom is -0.463 e. The Morgan fingerprint density at radius 3 is 2.39 bits per heavy atom. The van der Waals surface area contributed by atoms with Crippen molar-refractivity contribution in [3.63, 3.8) is 0 Å². The van der Waals surface area contributed by atoms with Gasteiger partial charge in [-0.3, -0.25) is 10.1 Å². The van der Waals surface area contributed by atoms with Crippen molar-refractivity contribution in [3.8, 4) is 35.1 Å². The first-order chi connectivity index (χ1) is 17.1. The Bertz CT molecular complexity index is 1440. The summed E-state index contributed by atoms with van der Waals surface area (Å²) in [6, 6.07) is 14.4. The first-order valence-corrected chi connectivity index (χ1v) is 12.0. The Labute approximate surface area is 204 Å². The van der Waals surface area contributed by atoms with E-state index in [9.17, 15) is 28.6 Å². The predicted octanol–water partition coefficient (Wildman–Crippen LogP) is 3.19. The van der Waals surface area contributed by atoms with Gasteiger partial charge in [0.05, 0.1) is 23.2 Å². The number of para-hydroxylation sites is 1. The Morgan fingerprint density at radius 1 is 1.08 bits per heavy atom. The number of nitriles is 1. The number of carbonyl (C=O) groups is 1. The SMILES string of the molecule is CCOC(=O)COc1nc(S(C)(=O)=O)nc(Oc2cc(C#N)ccc2Oc2ccccc2)c1[N+](=O)[O-]. The topological polar surface area (TPSA) is 181 Å². The van der Waals surface area contributed by atoms with Crippen molar-refractivity contribution in [3.05, 3.63) is 64.2 Å². The summed E-state index contributed by atoms with van der Waals surface area (Å²) >= 11 is 0. The predicted molar refractivity (Wildman–Crippen MR) is 122 cm³/mol. The number of sulfone groups is 1. The fourth-order valence-electron chi connectivity index (χ4n) is 2.68. The lowest BCUT2D eigenvalue weighted by molar-refractivity contribution is -0.387. The Hall–Kier alpha value is -4.77. The number of carbonyl (C=O) groups excluding carboxylic acids is 1. The average molecular weight is 514 g/mol. The number of nitro groups is 1. The summed E-state index contributed by atoms with van der Waals surface area (Å²) in [7, 11) is -4.11. The molecule has 186 valence electrons. The molecule has 14 heteroatoms. The molecule has 0 saturated heterocycles. The highest BCUT2D eigenvalue weighted by Gasteiger charge is 2.32. The maximum atomic E-state index is 12.2. The van der Waals surface area contributed by atoms with E-state index in [2.05, 4.69) is 9.97 Å². The van der Waals surface area contributed by atoms with E-state index in [1.54, 1.807) is 37.3 Å². The maximum Gasteiger partial charge on any atom is 0.392 e. The second-order valence-electron chi connectivity index (χ2n) is 6.88. The molecule has 0 radical (unpaired) electrons. The third-order valence-electron chi connectivity index (χ3n) is 4.20. The van der Waals surface area contributed by atoms with E-state index in [0.29, 0.717) is 5.75 Å².